The Bertz CT molecular complexity index is 666. The van der Waals surface area contributed by atoms with Crippen molar-refractivity contribution in [2.75, 3.05) is 36.5 Å². The second-order valence-corrected chi connectivity index (χ2v) is 5.38. The fraction of sp³-hybridized carbons (Fsp3) is 0.211. The minimum absolute atomic E-state index is 0. The first-order chi connectivity index (χ1) is 11.3. The zero-order valence-electron chi connectivity index (χ0n) is 13.4. The Morgan fingerprint density at radius 2 is 1.67 bits per heavy atom. The normalized spacial score (nSPS) is 14.2. The molecule has 0 spiro atoms. The van der Waals surface area contributed by atoms with Gasteiger partial charge in [-0.2, -0.15) is 0 Å². The van der Waals surface area contributed by atoms with E-state index in [9.17, 15) is 4.79 Å². The molecule has 0 atom stereocenters. The Morgan fingerprint density at radius 3 is 2.33 bits per heavy atom. The number of anilines is 2. The van der Waals surface area contributed by atoms with Gasteiger partial charge in [0, 0.05) is 30.5 Å². The quantitative estimate of drug-likeness (QED) is 0.862. The molecule has 0 aliphatic carbocycles. The summed E-state index contributed by atoms with van der Waals surface area (Å²) in [5, 5.41) is 2.87. The molecule has 5 heteroatoms. The van der Waals surface area contributed by atoms with E-state index in [1.807, 2.05) is 54.6 Å². The lowest BCUT2D eigenvalue weighted by Gasteiger charge is -2.28. The SMILES string of the molecule is Cl.O=C(/C=C/c1ccccc1)Nc1ccc(N2CCOCC2)cc1. The van der Waals surface area contributed by atoms with Crippen LogP contribution in [0.2, 0.25) is 0 Å². The number of nitrogens with zero attached hydrogens (tertiary/aromatic N) is 1. The van der Waals surface area contributed by atoms with Crippen molar-refractivity contribution < 1.29 is 9.53 Å². The highest BCUT2D eigenvalue weighted by Crippen LogP contribution is 2.19. The van der Waals surface area contributed by atoms with E-state index in [1.54, 1.807) is 12.2 Å². The van der Waals surface area contributed by atoms with Crippen molar-refractivity contribution in [2.24, 2.45) is 0 Å². The lowest BCUT2D eigenvalue weighted by atomic mass is 10.2. The maximum absolute atomic E-state index is 11.9. The molecule has 1 saturated heterocycles. The summed E-state index contributed by atoms with van der Waals surface area (Å²) >= 11 is 0. The van der Waals surface area contributed by atoms with E-state index in [4.69, 9.17) is 4.74 Å². The largest absolute Gasteiger partial charge is 0.378 e. The third-order valence-corrected chi connectivity index (χ3v) is 3.74. The first-order valence-electron chi connectivity index (χ1n) is 7.78. The minimum atomic E-state index is -0.132. The van der Waals surface area contributed by atoms with Crippen LogP contribution in [0.15, 0.2) is 60.7 Å². The van der Waals surface area contributed by atoms with Crippen LogP contribution in [0.4, 0.5) is 11.4 Å². The van der Waals surface area contributed by atoms with Gasteiger partial charge in [0.25, 0.3) is 0 Å². The number of carbonyl (C=O) groups is 1. The van der Waals surface area contributed by atoms with E-state index in [0.29, 0.717) is 0 Å². The second kappa shape index (κ2) is 9.11. The van der Waals surface area contributed by atoms with E-state index >= 15 is 0 Å². The zero-order chi connectivity index (χ0) is 15.9. The van der Waals surface area contributed by atoms with Gasteiger partial charge < -0.3 is 15.0 Å². The van der Waals surface area contributed by atoms with Crippen molar-refractivity contribution in [1.82, 2.24) is 0 Å². The molecule has 1 aliphatic heterocycles. The van der Waals surface area contributed by atoms with Crippen LogP contribution in [0.1, 0.15) is 5.56 Å². The van der Waals surface area contributed by atoms with E-state index in [1.165, 1.54) is 0 Å². The average Bonchev–Trinajstić information content (AvgIpc) is 2.62. The monoisotopic (exact) mass is 344 g/mol. The number of rotatable bonds is 4. The predicted molar refractivity (Wildman–Crippen MR) is 101 cm³/mol. The average molecular weight is 345 g/mol. The molecule has 1 heterocycles. The van der Waals surface area contributed by atoms with E-state index in [0.717, 1.165) is 43.2 Å². The summed E-state index contributed by atoms with van der Waals surface area (Å²) in [6.45, 7) is 3.35. The van der Waals surface area contributed by atoms with Crippen LogP contribution < -0.4 is 10.2 Å². The first-order valence-corrected chi connectivity index (χ1v) is 7.78. The van der Waals surface area contributed by atoms with Crippen molar-refractivity contribution in [2.45, 2.75) is 0 Å². The van der Waals surface area contributed by atoms with Gasteiger partial charge in [0.1, 0.15) is 0 Å². The molecule has 0 aromatic heterocycles. The van der Waals surface area contributed by atoms with Crippen LogP contribution >= 0.6 is 12.4 Å². The maximum Gasteiger partial charge on any atom is 0.248 e. The molecule has 4 nitrogen and oxygen atoms in total. The van der Waals surface area contributed by atoms with E-state index in [2.05, 4.69) is 10.2 Å². The summed E-state index contributed by atoms with van der Waals surface area (Å²) in [5.41, 5.74) is 2.96. The molecule has 2 aromatic carbocycles. The number of ether oxygens (including phenoxy) is 1. The second-order valence-electron chi connectivity index (χ2n) is 5.38. The summed E-state index contributed by atoms with van der Waals surface area (Å²) in [7, 11) is 0. The summed E-state index contributed by atoms with van der Waals surface area (Å²) in [4.78, 5) is 14.2. The van der Waals surface area contributed by atoms with Crippen molar-refractivity contribution in [3.05, 3.63) is 66.2 Å². The molecule has 0 unspecified atom stereocenters. The number of nitrogens with one attached hydrogen (secondary N) is 1. The van der Waals surface area contributed by atoms with Crippen LogP contribution in [-0.4, -0.2) is 32.2 Å². The van der Waals surface area contributed by atoms with E-state index in [-0.39, 0.29) is 18.3 Å². The predicted octanol–water partition coefficient (Wildman–Crippen LogP) is 3.60. The summed E-state index contributed by atoms with van der Waals surface area (Å²) < 4.78 is 5.35. The van der Waals surface area contributed by atoms with Gasteiger partial charge in [-0.15, -0.1) is 12.4 Å². The van der Waals surface area contributed by atoms with Crippen LogP contribution in [0, 0.1) is 0 Å². The molecule has 126 valence electrons. The lowest BCUT2D eigenvalue weighted by molar-refractivity contribution is -0.111. The van der Waals surface area contributed by atoms with Crippen molar-refractivity contribution >= 4 is 35.8 Å². The molecule has 1 aliphatic rings. The van der Waals surface area contributed by atoms with Crippen molar-refractivity contribution in [3.8, 4) is 0 Å². The van der Waals surface area contributed by atoms with Gasteiger partial charge in [-0.25, -0.2) is 0 Å². The standard InChI is InChI=1S/C19H20N2O2.ClH/c22-19(11-6-16-4-2-1-3-5-16)20-17-7-9-18(10-8-17)21-12-14-23-15-13-21;/h1-11H,12-15H2,(H,20,22);1H/b11-6+;. The molecule has 2 aromatic rings. The van der Waals surface area contributed by atoms with Crippen molar-refractivity contribution in [1.29, 1.82) is 0 Å². The highest BCUT2D eigenvalue weighted by Gasteiger charge is 2.10. The number of amides is 1. The molecule has 0 saturated carbocycles. The van der Waals surface area contributed by atoms with Gasteiger partial charge >= 0.3 is 0 Å². The third-order valence-electron chi connectivity index (χ3n) is 3.74. The molecule has 1 amide bonds. The Hall–Kier alpha value is -2.30. The van der Waals surface area contributed by atoms with Gasteiger partial charge in [-0.05, 0) is 35.9 Å². The molecule has 3 rings (SSSR count). The molecular formula is C19H21ClN2O2. The fourth-order valence-electron chi connectivity index (χ4n) is 2.50. The molecule has 1 N–H and O–H groups in total. The van der Waals surface area contributed by atoms with Crippen molar-refractivity contribution in [3.63, 3.8) is 0 Å². The molecule has 0 bridgehead atoms. The number of carbonyl (C=O) groups excluding carboxylic acids is 1. The van der Waals surface area contributed by atoms with Gasteiger partial charge in [0.05, 0.1) is 13.2 Å². The smallest absolute Gasteiger partial charge is 0.248 e. The van der Waals surface area contributed by atoms with Gasteiger partial charge in [0.15, 0.2) is 0 Å². The van der Waals surface area contributed by atoms with Crippen LogP contribution in [0.5, 0.6) is 0 Å². The first kappa shape index (κ1) is 18.0. The molecular weight excluding hydrogens is 324 g/mol. The third kappa shape index (κ3) is 5.11. The molecule has 1 fully saturated rings. The molecule has 0 radical (unpaired) electrons. The van der Waals surface area contributed by atoms with Crippen LogP contribution in [-0.2, 0) is 9.53 Å². The lowest BCUT2D eigenvalue weighted by Crippen LogP contribution is -2.36. The summed E-state index contributed by atoms with van der Waals surface area (Å²) in [5.74, 6) is -0.132. The minimum Gasteiger partial charge on any atom is -0.378 e. The highest BCUT2D eigenvalue weighted by atomic mass is 35.5. The topological polar surface area (TPSA) is 41.6 Å². The number of benzene rings is 2. The highest BCUT2D eigenvalue weighted by molar-refractivity contribution is 6.02. The Balaban J connectivity index is 0.00000208. The summed E-state index contributed by atoms with van der Waals surface area (Å²) in [6.07, 6.45) is 3.35. The fourth-order valence-corrected chi connectivity index (χ4v) is 2.50. The Kier molecular flexibility index (Phi) is 6.85. The number of halogens is 1. The number of hydrogen-bond acceptors (Lipinski definition) is 3. The van der Waals surface area contributed by atoms with Crippen LogP contribution in [0.3, 0.4) is 0 Å². The number of morpholine rings is 1. The Morgan fingerprint density at radius 1 is 1.00 bits per heavy atom. The molecule has 24 heavy (non-hydrogen) atoms. The van der Waals surface area contributed by atoms with E-state index < -0.39 is 0 Å². The van der Waals surface area contributed by atoms with Crippen LogP contribution in [0.25, 0.3) is 6.08 Å². The maximum atomic E-state index is 11.9. The summed E-state index contributed by atoms with van der Waals surface area (Å²) in [6, 6.07) is 17.7. The van der Waals surface area contributed by atoms with Gasteiger partial charge in [0.2, 0.25) is 5.91 Å². The zero-order valence-corrected chi connectivity index (χ0v) is 14.2. The Labute approximate surface area is 148 Å². The van der Waals surface area contributed by atoms with Gasteiger partial charge in [-0.1, -0.05) is 30.3 Å². The van der Waals surface area contributed by atoms with Gasteiger partial charge in [-0.3, -0.25) is 4.79 Å². The number of hydrogen-bond donors (Lipinski definition) is 1.